The highest BCUT2D eigenvalue weighted by molar-refractivity contribution is 6.09. The molecule has 1 aliphatic heterocycles. The number of nitro benzene ring substituents is 1. The fourth-order valence-electron chi connectivity index (χ4n) is 4.73. The third kappa shape index (κ3) is 3.02. The van der Waals surface area contributed by atoms with Crippen LogP contribution in [0.5, 0.6) is 0 Å². The molecule has 1 aromatic heterocycles. The number of pyridine rings is 1. The third-order valence-corrected chi connectivity index (χ3v) is 6.05. The SMILES string of the molecule is CCCN1CCc2c(c(-c3ccccc3[N+](=O)[O-])nc3ccc4ccccc4c23)C1. The highest BCUT2D eigenvalue weighted by atomic mass is 16.6. The van der Waals surface area contributed by atoms with Gasteiger partial charge < -0.3 is 0 Å². The highest BCUT2D eigenvalue weighted by Gasteiger charge is 2.27. The molecule has 0 saturated heterocycles. The van der Waals surface area contributed by atoms with Gasteiger partial charge in [-0.3, -0.25) is 15.0 Å². The van der Waals surface area contributed by atoms with Crippen molar-refractivity contribution < 1.29 is 4.92 Å². The molecule has 150 valence electrons. The Hall–Kier alpha value is -3.31. The fourth-order valence-corrected chi connectivity index (χ4v) is 4.73. The van der Waals surface area contributed by atoms with Crippen molar-refractivity contribution in [1.82, 2.24) is 9.88 Å². The lowest BCUT2D eigenvalue weighted by atomic mass is 9.89. The molecule has 0 amide bonds. The molecule has 0 N–H and O–H groups in total. The van der Waals surface area contributed by atoms with E-state index in [0.717, 1.165) is 49.2 Å². The molecular formula is C25H23N3O2. The topological polar surface area (TPSA) is 59.3 Å². The Morgan fingerprint density at radius 2 is 1.83 bits per heavy atom. The predicted molar refractivity (Wildman–Crippen MR) is 121 cm³/mol. The lowest BCUT2D eigenvalue weighted by Crippen LogP contribution is -2.32. The number of benzene rings is 3. The zero-order valence-corrected chi connectivity index (χ0v) is 17.0. The van der Waals surface area contributed by atoms with Gasteiger partial charge in [0, 0.05) is 24.5 Å². The van der Waals surface area contributed by atoms with Crippen LogP contribution in [0.25, 0.3) is 32.9 Å². The van der Waals surface area contributed by atoms with Gasteiger partial charge in [0.15, 0.2) is 0 Å². The Morgan fingerprint density at radius 1 is 1.03 bits per heavy atom. The Morgan fingerprint density at radius 3 is 2.67 bits per heavy atom. The van der Waals surface area contributed by atoms with Crippen molar-refractivity contribution in [2.45, 2.75) is 26.3 Å². The first-order chi connectivity index (χ1) is 14.7. The summed E-state index contributed by atoms with van der Waals surface area (Å²) in [5.41, 5.74) is 4.79. The summed E-state index contributed by atoms with van der Waals surface area (Å²) in [5, 5.41) is 15.3. The van der Waals surface area contributed by atoms with E-state index in [4.69, 9.17) is 4.98 Å². The molecule has 0 saturated carbocycles. The minimum atomic E-state index is -0.305. The van der Waals surface area contributed by atoms with Crippen LogP contribution in [0.3, 0.4) is 0 Å². The Kier molecular flexibility index (Phi) is 4.68. The number of rotatable bonds is 4. The summed E-state index contributed by atoms with van der Waals surface area (Å²) in [7, 11) is 0. The van der Waals surface area contributed by atoms with Crippen LogP contribution in [-0.2, 0) is 13.0 Å². The van der Waals surface area contributed by atoms with E-state index in [0.29, 0.717) is 5.56 Å². The van der Waals surface area contributed by atoms with Crippen LogP contribution in [0.2, 0.25) is 0 Å². The van der Waals surface area contributed by atoms with Crippen LogP contribution >= 0.6 is 0 Å². The van der Waals surface area contributed by atoms with Gasteiger partial charge in [-0.2, -0.15) is 0 Å². The standard InChI is InChI=1S/C25H23N3O2/c1-2-14-27-15-13-19-21(16-27)25(20-9-5-6-10-23(20)28(29)30)26-22-12-11-17-7-3-4-8-18(17)24(19)22/h3-12H,2,13-16H2,1H3. The van der Waals surface area contributed by atoms with Crippen LogP contribution in [0, 0.1) is 10.1 Å². The van der Waals surface area contributed by atoms with Gasteiger partial charge in [0.25, 0.3) is 5.69 Å². The molecule has 2 heterocycles. The van der Waals surface area contributed by atoms with Crippen LogP contribution in [0.1, 0.15) is 24.5 Å². The van der Waals surface area contributed by atoms with Crippen molar-refractivity contribution >= 4 is 27.4 Å². The third-order valence-electron chi connectivity index (χ3n) is 6.05. The van der Waals surface area contributed by atoms with Crippen molar-refractivity contribution in [2.24, 2.45) is 0 Å². The molecule has 1 aliphatic rings. The van der Waals surface area contributed by atoms with Gasteiger partial charge in [-0.05, 0) is 53.4 Å². The summed E-state index contributed by atoms with van der Waals surface area (Å²) in [6.45, 7) is 4.98. The Labute approximate surface area is 175 Å². The van der Waals surface area contributed by atoms with Crippen molar-refractivity contribution in [1.29, 1.82) is 0 Å². The molecule has 5 nitrogen and oxygen atoms in total. The molecule has 3 aromatic carbocycles. The maximum atomic E-state index is 11.7. The Bertz CT molecular complexity index is 1280. The predicted octanol–water partition coefficient (Wildman–Crippen LogP) is 5.73. The summed E-state index contributed by atoms with van der Waals surface area (Å²) in [6.07, 6.45) is 2.01. The van der Waals surface area contributed by atoms with Gasteiger partial charge in [0.05, 0.1) is 21.7 Å². The Balaban J connectivity index is 1.85. The van der Waals surface area contributed by atoms with E-state index in [1.165, 1.54) is 21.7 Å². The normalized spacial score (nSPS) is 14.2. The van der Waals surface area contributed by atoms with Gasteiger partial charge in [0.2, 0.25) is 0 Å². The zero-order chi connectivity index (χ0) is 20.7. The molecule has 0 atom stereocenters. The van der Waals surface area contributed by atoms with E-state index < -0.39 is 0 Å². The molecule has 0 aliphatic carbocycles. The zero-order valence-electron chi connectivity index (χ0n) is 17.0. The van der Waals surface area contributed by atoms with Crippen LogP contribution in [-0.4, -0.2) is 27.9 Å². The summed E-state index contributed by atoms with van der Waals surface area (Å²) >= 11 is 0. The van der Waals surface area contributed by atoms with Gasteiger partial charge >= 0.3 is 0 Å². The first kappa shape index (κ1) is 18.7. The first-order valence-corrected chi connectivity index (χ1v) is 10.5. The first-order valence-electron chi connectivity index (χ1n) is 10.5. The average Bonchev–Trinajstić information content (AvgIpc) is 2.78. The second-order valence-electron chi connectivity index (χ2n) is 7.90. The van der Waals surface area contributed by atoms with Crippen molar-refractivity contribution in [3.8, 4) is 11.3 Å². The van der Waals surface area contributed by atoms with E-state index in [-0.39, 0.29) is 10.6 Å². The largest absolute Gasteiger partial charge is 0.299 e. The maximum Gasteiger partial charge on any atom is 0.278 e. The van der Waals surface area contributed by atoms with E-state index in [9.17, 15) is 10.1 Å². The van der Waals surface area contributed by atoms with Crippen LogP contribution in [0.15, 0.2) is 60.7 Å². The number of hydrogen-bond acceptors (Lipinski definition) is 4. The maximum absolute atomic E-state index is 11.7. The number of nitrogens with zero attached hydrogens (tertiary/aromatic N) is 3. The summed E-state index contributed by atoms with van der Waals surface area (Å²) in [4.78, 5) is 18.9. The van der Waals surface area contributed by atoms with Gasteiger partial charge in [0.1, 0.15) is 0 Å². The van der Waals surface area contributed by atoms with E-state index in [1.807, 2.05) is 12.1 Å². The molecule has 4 aromatic rings. The van der Waals surface area contributed by atoms with Gasteiger partial charge in [-0.1, -0.05) is 49.4 Å². The highest BCUT2D eigenvalue weighted by Crippen LogP contribution is 2.39. The molecule has 0 spiro atoms. The molecule has 0 fully saturated rings. The molecular weight excluding hydrogens is 374 g/mol. The summed E-state index contributed by atoms with van der Waals surface area (Å²) in [6, 6.07) is 19.5. The van der Waals surface area contributed by atoms with E-state index >= 15 is 0 Å². The fraction of sp³-hybridized carbons (Fsp3) is 0.240. The second-order valence-corrected chi connectivity index (χ2v) is 7.90. The van der Waals surface area contributed by atoms with Crippen molar-refractivity contribution in [2.75, 3.05) is 13.1 Å². The van der Waals surface area contributed by atoms with E-state index in [2.05, 4.69) is 48.2 Å². The summed E-state index contributed by atoms with van der Waals surface area (Å²) < 4.78 is 0. The van der Waals surface area contributed by atoms with Gasteiger partial charge in [-0.15, -0.1) is 0 Å². The van der Waals surface area contributed by atoms with E-state index in [1.54, 1.807) is 12.1 Å². The average molecular weight is 397 g/mol. The molecule has 0 radical (unpaired) electrons. The molecule has 0 unspecified atom stereocenters. The molecule has 0 bridgehead atoms. The van der Waals surface area contributed by atoms with Crippen molar-refractivity contribution in [3.63, 3.8) is 0 Å². The van der Waals surface area contributed by atoms with Gasteiger partial charge in [-0.25, -0.2) is 4.98 Å². The molecule has 5 heteroatoms. The minimum absolute atomic E-state index is 0.111. The van der Waals surface area contributed by atoms with Crippen molar-refractivity contribution in [3.05, 3.63) is 81.9 Å². The van der Waals surface area contributed by atoms with Crippen LogP contribution in [0.4, 0.5) is 5.69 Å². The molecule has 30 heavy (non-hydrogen) atoms. The number of nitro groups is 1. The smallest absolute Gasteiger partial charge is 0.278 e. The second kappa shape index (κ2) is 7.50. The lowest BCUT2D eigenvalue weighted by molar-refractivity contribution is -0.384. The quantitative estimate of drug-likeness (QED) is 0.251. The number of fused-ring (bicyclic) bond motifs is 5. The lowest BCUT2D eigenvalue weighted by Gasteiger charge is -2.31. The number of para-hydroxylation sites is 1. The molecule has 5 rings (SSSR count). The minimum Gasteiger partial charge on any atom is -0.299 e. The monoisotopic (exact) mass is 397 g/mol. The number of aromatic nitrogens is 1. The number of hydrogen-bond donors (Lipinski definition) is 0. The summed E-state index contributed by atoms with van der Waals surface area (Å²) in [5.74, 6) is 0. The van der Waals surface area contributed by atoms with Crippen LogP contribution < -0.4 is 0 Å².